The second kappa shape index (κ2) is 6.39. The van der Waals surface area contributed by atoms with Gasteiger partial charge in [-0.25, -0.2) is 0 Å². The first-order valence-electron chi connectivity index (χ1n) is 6.92. The molecule has 1 N–H and O–H groups in total. The molecule has 4 nitrogen and oxygen atoms in total. The summed E-state index contributed by atoms with van der Waals surface area (Å²) in [5.74, 6) is -0.0410. The number of hydrogen-bond donors (Lipinski definition) is 1. The van der Waals surface area contributed by atoms with Gasteiger partial charge in [-0.05, 0) is 24.5 Å². The van der Waals surface area contributed by atoms with Crippen LogP contribution in [0.1, 0.15) is 32.3 Å². The molecular weight excluding hydrogens is 320 g/mol. The molecule has 0 saturated carbocycles. The molecule has 1 aliphatic heterocycles. The lowest BCUT2D eigenvalue weighted by Crippen LogP contribution is -2.62. The smallest absolute Gasteiger partial charge is 0.246 e. The van der Waals surface area contributed by atoms with Crippen LogP contribution in [0.15, 0.2) is 28.7 Å². The van der Waals surface area contributed by atoms with E-state index in [1.807, 2.05) is 38.1 Å². The van der Waals surface area contributed by atoms with E-state index in [1.165, 1.54) is 0 Å². The minimum absolute atomic E-state index is 0.00898. The molecule has 1 saturated heterocycles. The van der Waals surface area contributed by atoms with E-state index in [0.717, 1.165) is 10.0 Å². The highest BCUT2D eigenvalue weighted by atomic mass is 79.9. The third-order valence-corrected chi connectivity index (χ3v) is 4.44. The number of carbonyl (C=O) groups excluding carboxylic acids is 2. The Bertz CT molecular complexity index is 518. The molecule has 1 aromatic rings. The van der Waals surface area contributed by atoms with Crippen LogP contribution in [0, 0.1) is 0 Å². The molecular formula is C15H19BrN2O2. The predicted octanol–water partition coefficient (Wildman–Crippen LogP) is 2.46. The van der Waals surface area contributed by atoms with Crippen LogP contribution in [0.25, 0.3) is 0 Å². The van der Waals surface area contributed by atoms with Crippen molar-refractivity contribution in [3.8, 4) is 0 Å². The van der Waals surface area contributed by atoms with Gasteiger partial charge in [-0.1, -0.05) is 48.0 Å². The van der Waals surface area contributed by atoms with Crippen LogP contribution >= 0.6 is 15.9 Å². The highest BCUT2D eigenvalue weighted by molar-refractivity contribution is 9.10. The molecule has 2 atom stereocenters. The predicted molar refractivity (Wildman–Crippen MR) is 81.0 cm³/mol. The topological polar surface area (TPSA) is 49.4 Å². The summed E-state index contributed by atoms with van der Waals surface area (Å²) in [5, 5.41) is 2.81. The molecule has 2 unspecified atom stereocenters. The zero-order valence-electron chi connectivity index (χ0n) is 11.7. The number of nitrogens with one attached hydrogen (secondary N) is 1. The van der Waals surface area contributed by atoms with Crippen LogP contribution in [-0.2, 0) is 16.1 Å². The van der Waals surface area contributed by atoms with Crippen molar-refractivity contribution in [3.63, 3.8) is 0 Å². The summed E-state index contributed by atoms with van der Waals surface area (Å²) >= 11 is 3.49. The molecule has 108 valence electrons. The van der Waals surface area contributed by atoms with Gasteiger partial charge in [-0.15, -0.1) is 0 Å². The highest BCUT2D eigenvalue weighted by Crippen LogP contribution is 2.22. The van der Waals surface area contributed by atoms with Crippen molar-refractivity contribution in [3.05, 3.63) is 34.3 Å². The fourth-order valence-electron chi connectivity index (χ4n) is 2.51. The monoisotopic (exact) mass is 338 g/mol. The summed E-state index contributed by atoms with van der Waals surface area (Å²) in [7, 11) is 0. The van der Waals surface area contributed by atoms with Crippen molar-refractivity contribution >= 4 is 27.7 Å². The molecule has 1 heterocycles. The van der Waals surface area contributed by atoms with E-state index in [-0.39, 0.29) is 17.9 Å². The molecule has 0 aromatic heterocycles. The molecule has 20 heavy (non-hydrogen) atoms. The van der Waals surface area contributed by atoms with Gasteiger partial charge < -0.3 is 10.2 Å². The van der Waals surface area contributed by atoms with Gasteiger partial charge in [0.1, 0.15) is 12.1 Å². The van der Waals surface area contributed by atoms with Crippen molar-refractivity contribution in [2.75, 3.05) is 0 Å². The van der Waals surface area contributed by atoms with Gasteiger partial charge in [0.05, 0.1) is 0 Å². The Morgan fingerprint density at radius 2 is 1.90 bits per heavy atom. The maximum Gasteiger partial charge on any atom is 0.246 e. The van der Waals surface area contributed by atoms with E-state index < -0.39 is 6.04 Å². The summed E-state index contributed by atoms with van der Waals surface area (Å²) in [6.07, 6.45) is 1.24. The van der Waals surface area contributed by atoms with Gasteiger partial charge in [0.25, 0.3) is 0 Å². The molecule has 0 radical (unpaired) electrons. The maximum absolute atomic E-state index is 12.5. The van der Waals surface area contributed by atoms with Gasteiger partial charge in [0, 0.05) is 11.0 Å². The van der Waals surface area contributed by atoms with Crippen LogP contribution < -0.4 is 5.32 Å². The molecule has 2 rings (SSSR count). The fourth-order valence-corrected chi connectivity index (χ4v) is 2.92. The fraction of sp³-hybridized carbons (Fsp3) is 0.467. The van der Waals surface area contributed by atoms with E-state index in [4.69, 9.17) is 0 Å². The average molecular weight is 339 g/mol. The summed E-state index contributed by atoms with van der Waals surface area (Å²) in [6.45, 7) is 4.30. The Morgan fingerprint density at radius 1 is 1.20 bits per heavy atom. The maximum atomic E-state index is 12.5. The number of piperazine rings is 1. The van der Waals surface area contributed by atoms with E-state index >= 15 is 0 Å². The van der Waals surface area contributed by atoms with E-state index in [1.54, 1.807) is 4.90 Å². The minimum atomic E-state index is -0.396. The molecule has 1 fully saturated rings. The van der Waals surface area contributed by atoms with Crippen LogP contribution in [0.4, 0.5) is 0 Å². The summed E-state index contributed by atoms with van der Waals surface area (Å²) < 4.78 is 0.960. The SMILES string of the molecule is CCC1NC(=O)C(CC)N(Cc2ccccc2Br)C1=O. The quantitative estimate of drug-likeness (QED) is 0.916. The normalized spacial score (nSPS) is 22.9. The largest absolute Gasteiger partial charge is 0.343 e. The van der Waals surface area contributed by atoms with Crippen LogP contribution in [0.5, 0.6) is 0 Å². The second-order valence-corrected chi connectivity index (χ2v) is 5.81. The second-order valence-electron chi connectivity index (χ2n) is 4.95. The highest BCUT2D eigenvalue weighted by Gasteiger charge is 2.38. The van der Waals surface area contributed by atoms with Crippen molar-refractivity contribution in [2.45, 2.75) is 45.3 Å². The summed E-state index contributed by atoms with van der Waals surface area (Å²) in [6, 6.07) is 7.02. The van der Waals surface area contributed by atoms with Gasteiger partial charge >= 0.3 is 0 Å². The number of hydrogen-bond acceptors (Lipinski definition) is 2. The summed E-state index contributed by atoms with van der Waals surface area (Å²) in [4.78, 5) is 26.3. The number of benzene rings is 1. The third kappa shape index (κ3) is 2.87. The van der Waals surface area contributed by atoms with Crippen molar-refractivity contribution in [1.29, 1.82) is 0 Å². The van der Waals surface area contributed by atoms with Gasteiger partial charge in [-0.2, -0.15) is 0 Å². The van der Waals surface area contributed by atoms with Crippen LogP contribution in [0.2, 0.25) is 0 Å². The third-order valence-electron chi connectivity index (χ3n) is 3.67. The molecule has 5 heteroatoms. The Balaban J connectivity index is 2.27. The van der Waals surface area contributed by atoms with Crippen molar-refractivity contribution in [2.24, 2.45) is 0 Å². The zero-order valence-corrected chi connectivity index (χ0v) is 13.3. The molecule has 0 bridgehead atoms. The molecule has 1 aliphatic rings. The Morgan fingerprint density at radius 3 is 2.50 bits per heavy atom. The number of nitrogens with zero attached hydrogens (tertiary/aromatic N) is 1. The van der Waals surface area contributed by atoms with Gasteiger partial charge in [0.15, 0.2) is 0 Å². The van der Waals surface area contributed by atoms with Gasteiger partial charge in [0.2, 0.25) is 11.8 Å². The van der Waals surface area contributed by atoms with Gasteiger partial charge in [-0.3, -0.25) is 9.59 Å². The lowest BCUT2D eigenvalue weighted by molar-refractivity contribution is -0.150. The summed E-state index contributed by atoms with van der Waals surface area (Å²) in [5.41, 5.74) is 1.02. The first kappa shape index (κ1) is 15.0. The lowest BCUT2D eigenvalue weighted by atomic mass is 10.0. The molecule has 0 aliphatic carbocycles. The zero-order chi connectivity index (χ0) is 14.7. The van der Waals surface area contributed by atoms with E-state index in [9.17, 15) is 9.59 Å². The molecule has 2 amide bonds. The number of amides is 2. The number of rotatable bonds is 4. The van der Waals surface area contributed by atoms with Crippen LogP contribution in [0.3, 0.4) is 0 Å². The number of halogens is 1. The first-order valence-corrected chi connectivity index (χ1v) is 7.72. The Hall–Kier alpha value is -1.36. The van der Waals surface area contributed by atoms with E-state index in [2.05, 4.69) is 21.2 Å². The Labute approximate surface area is 127 Å². The Kier molecular flexibility index (Phi) is 4.81. The molecule has 1 aromatic carbocycles. The standard InChI is InChI=1S/C15H19BrN2O2/c1-3-12-15(20)18(13(4-2)14(19)17-12)9-10-7-5-6-8-11(10)16/h5-8,12-13H,3-4,9H2,1-2H3,(H,17,19). The molecule has 0 spiro atoms. The lowest BCUT2D eigenvalue weighted by Gasteiger charge is -2.38. The van der Waals surface area contributed by atoms with Crippen molar-refractivity contribution < 1.29 is 9.59 Å². The number of carbonyl (C=O) groups is 2. The van der Waals surface area contributed by atoms with Crippen molar-refractivity contribution in [1.82, 2.24) is 10.2 Å². The first-order chi connectivity index (χ1) is 9.58. The minimum Gasteiger partial charge on any atom is -0.343 e. The van der Waals surface area contributed by atoms with E-state index in [0.29, 0.717) is 19.4 Å². The van der Waals surface area contributed by atoms with Crippen LogP contribution in [-0.4, -0.2) is 28.8 Å². The average Bonchev–Trinajstić information content (AvgIpc) is 2.45.